The molecule has 0 aliphatic heterocycles. The van der Waals surface area contributed by atoms with Gasteiger partial charge >= 0.3 is 0 Å². The third-order valence-corrected chi connectivity index (χ3v) is 4.96. The molecule has 0 aromatic heterocycles. The molecule has 2 nitrogen and oxygen atoms in total. The van der Waals surface area contributed by atoms with E-state index in [4.69, 9.17) is 4.74 Å². The summed E-state index contributed by atoms with van der Waals surface area (Å²) in [7, 11) is 0. The number of para-hydroxylation sites is 1. The second kappa shape index (κ2) is 4.93. The zero-order chi connectivity index (χ0) is 13.2. The van der Waals surface area contributed by atoms with Crippen molar-refractivity contribution < 1.29 is 4.74 Å². The van der Waals surface area contributed by atoms with Crippen molar-refractivity contribution in [1.82, 2.24) is 5.32 Å². The van der Waals surface area contributed by atoms with E-state index in [1.54, 1.807) is 0 Å². The molecule has 1 fully saturated rings. The minimum Gasteiger partial charge on any atom is -0.492 e. The molecule has 0 saturated heterocycles. The summed E-state index contributed by atoms with van der Waals surface area (Å²) in [6.07, 6.45) is 0. The fourth-order valence-corrected chi connectivity index (χ4v) is 2.85. The average Bonchev–Trinajstić information content (AvgIpc) is 2.72. The molecule has 0 unspecified atom stereocenters. The maximum absolute atomic E-state index is 5.65. The van der Waals surface area contributed by atoms with E-state index in [1.165, 1.54) is 0 Å². The highest BCUT2D eigenvalue weighted by molar-refractivity contribution is 5.20. The van der Waals surface area contributed by atoms with Crippen LogP contribution in [0.15, 0.2) is 30.3 Å². The second-order valence-corrected chi connectivity index (χ2v) is 6.36. The summed E-state index contributed by atoms with van der Waals surface area (Å²) < 4.78 is 5.65. The molecule has 0 spiro atoms. The van der Waals surface area contributed by atoms with Crippen molar-refractivity contribution in [1.29, 1.82) is 0 Å². The fourth-order valence-electron chi connectivity index (χ4n) is 2.85. The van der Waals surface area contributed by atoms with Crippen molar-refractivity contribution in [3.05, 3.63) is 30.3 Å². The molecule has 1 N–H and O–H groups in total. The van der Waals surface area contributed by atoms with Gasteiger partial charge in [0.15, 0.2) is 0 Å². The molecule has 1 saturated carbocycles. The molecule has 2 heteroatoms. The first kappa shape index (κ1) is 13.4. The minimum atomic E-state index is 0.473. The molecule has 100 valence electrons. The first-order valence-electron chi connectivity index (χ1n) is 6.85. The first-order chi connectivity index (χ1) is 8.46. The number of rotatable bonds is 6. The molecular weight excluding hydrogens is 222 g/mol. The molecule has 1 aliphatic rings. The highest BCUT2D eigenvalue weighted by Crippen LogP contribution is 2.67. The molecule has 1 aromatic rings. The predicted octanol–water partition coefficient (Wildman–Crippen LogP) is 3.34. The van der Waals surface area contributed by atoms with E-state index < -0.39 is 0 Å². The SMILES string of the molecule is CC1(C)C(CNCCOc2ccccc2)C1(C)C. The Bertz CT molecular complexity index is 369. The van der Waals surface area contributed by atoms with Crippen LogP contribution < -0.4 is 10.1 Å². The van der Waals surface area contributed by atoms with Crippen molar-refractivity contribution in [2.45, 2.75) is 27.7 Å². The average molecular weight is 247 g/mol. The van der Waals surface area contributed by atoms with Crippen LogP contribution in [0.2, 0.25) is 0 Å². The van der Waals surface area contributed by atoms with Gasteiger partial charge < -0.3 is 10.1 Å². The van der Waals surface area contributed by atoms with Crippen molar-refractivity contribution in [2.24, 2.45) is 16.7 Å². The lowest BCUT2D eigenvalue weighted by Crippen LogP contribution is -2.24. The maximum Gasteiger partial charge on any atom is 0.119 e. The van der Waals surface area contributed by atoms with Crippen LogP contribution in [-0.4, -0.2) is 19.7 Å². The van der Waals surface area contributed by atoms with E-state index in [0.717, 1.165) is 31.4 Å². The Balaban J connectivity index is 1.61. The van der Waals surface area contributed by atoms with Gasteiger partial charge in [-0.25, -0.2) is 0 Å². The van der Waals surface area contributed by atoms with Gasteiger partial charge in [-0.2, -0.15) is 0 Å². The molecule has 0 radical (unpaired) electrons. The maximum atomic E-state index is 5.65. The minimum absolute atomic E-state index is 0.473. The summed E-state index contributed by atoms with van der Waals surface area (Å²) in [5.41, 5.74) is 0.945. The lowest BCUT2D eigenvalue weighted by atomic mass is 10.0. The van der Waals surface area contributed by atoms with Crippen LogP contribution in [0.3, 0.4) is 0 Å². The van der Waals surface area contributed by atoms with Crippen LogP contribution >= 0.6 is 0 Å². The van der Waals surface area contributed by atoms with Crippen LogP contribution in [0.4, 0.5) is 0 Å². The van der Waals surface area contributed by atoms with Crippen molar-refractivity contribution in [2.75, 3.05) is 19.7 Å². The Morgan fingerprint density at radius 1 is 1.06 bits per heavy atom. The van der Waals surface area contributed by atoms with E-state index in [-0.39, 0.29) is 0 Å². The molecule has 0 heterocycles. The highest BCUT2D eigenvalue weighted by atomic mass is 16.5. The second-order valence-electron chi connectivity index (χ2n) is 6.36. The number of hydrogen-bond acceptors (Lipinski definition) is 2. The highest BCUT2D eigenvalue weighted by Gasteiger charge is 2.63. The quantitative estimate of drug-likeness (QED) is 0.778. The Labute approximate surface area is 111 Å². The molecule has 1 aliphatic carbocycles. The molecule has 2 rings (SSSR count). The summed E-state index contributed by atoms with van der Waals surface area (Å²) in [5.74, 6) is 1.73. The lowest BCUT2D eigenvalue weighted by Gasteiger charge is -2.08. The summed E-state index contributed by atoms with van der Waals surface area (Å²) in [4.78, 5) is 0. The predicted molar refractivity (Wildman–Crippen MR) is 75.9 cm³/mol. The fraction of sp³-hybridized carbons (Fsp3) is 0.625. The van der Waals surface area contributed by atoms with Gasteiger partial charge in [-0.15, -0.1) is 0 Å². The lowest BCUT2D eigenvalue weighted by molar-refractivity contribution is 0.311. The van der Waals surface area contributed by atoms with Crippen molar-refractivity contribution in [3.63, 3.8) is 0 Å². The molecular formula is C16H25NO. The molecule has 0 amide bonds. The third-order valence-electron chi connectivity index (χ3n) is 4.96. The first-order valence-corrected chi connectivity index (χ1v) is 6.85. The number of ether oxygens (including phenoxy) is 1. The van der Waals surface area contributed by atoms with Gasteiger partial charge in [-0.3, -0.25) is 0 Å². The van der Waals surface area contributed by atoms with E-state index in [2.05, 4.69) is 33.0 Å². The monoisotopic (exact) mass is 247 g/mol. The van der Waals surface area contributed by atoms with Gasteiger partial charge in [0.25, 0.3) is 0 Å². The zero-order valence-electron chi connectivity index (χ0n) is 12.0. The van der Waals surface area contributed by atoms with E-state index in [9.17, 15) is 0 Å². The van der Waals surface area contributed by atoms with Crippen LogP contribution in [0.1, 0.15) is 27.7 Å². The Hall–Kier alpha value is -1.02. The molecule has 18 heavy (non-hydrogen) atoms. The van der Waals surface area contributed by atoms with Crippen LogP contribution in [0.5, 0.6) is 5.75 Å². The van der Waals surface area contributed by atoms with Gasteiger partial charge in [-0.05, 0) is 35.4 Å². The summed E-state index contributed by atoms with van der Waals surface area (Å²) in [6, 6.07) is 9.98. The van der Waals surface area contributed by atoms with Gasteiger partial charge in [0.1, 0.15) is 12.4 Å². The van der Waals surface area contributed by atoms with Crippen LogP contribution in [0.25, 0.3) is 0 Å². The summed E-state index contributed by atoms with van der Waals surface area (Å²) in [5, 5.41) is 3.50. The normalized spacial score (nSPS) is 20.7. The third kappa shape index (κ3) is 2.54. The molecule has 0 bridgehead atoms. The van der Waals surface area contributed by atoms with Gasteiger partial charge in [-0.1, -0.05) is 45.9 Å². The van der Waals surface area contributed by atoms with E-state index in [0.29, 0.717) is 10.8 Å². The van der Waals surface area contributed by atoms with E-state index >= 15 is 0 Å². The molecule has 0 atom stereocenters. The van der Waals surface area contributed by atoms with Gasteiger partial charge in [0.05, 0.1) is 0 Å². The zero-order valence-corrected chi connectivity index (χ0v) is 12.0. The van der Waals surface area contributed by atoms with Crippen LogP contribution in [-0.2, 0) is 0 Å². The van der Waals surface area contributed by atoms with Crippen molar-refractivity contribution in [3.8, 4) is 5.75 Å². The summed E-state index contributed by atoms with van der Waals surface area (Å²) in [6.45, 7) is 12.2. The number of nitrogens with one attached hydrogen (secondary N) is 1. The van der Waals surface area contributed by atoms with E-state index in [1.807, 2.05) is 30.3 Å². The Morgan fingerprint density at radius 2 is 1.67 bits per heavy atom. The smallest absolute Gasteiger partial charge is 0.119 e. The molecule has 1 aromatic carbocycles. The standard InChI is InChI=1S/C16H25NO/c1-15(2)14(16(15,3)4)12-17-10-11-18-13-8-6-5-7-9-13/h5-9,14,17H,10-12H2,1-4H3. The number of hydrogen-bond donors (Lipinski definition) is 1. The Morgan fingerprint density at radius 3 is 2.22 bits per heavy atom. The Kier molecular flexibility index (Phi) is 3.67. The number of benzene rings is 1. The van der Waals surface area contributed by atoms with Gasteiger partial charge in [0.2, 0.25) is 0 Å². The van der Waals surface area contributed by atoms with Crippen LogP contribution in [0, 0.1) is 16.7 Å². The largest absolute Gasteiger partial charge is 0.492 e. The van der Waals surface area contributed by atoms with Crippen molar-refractivity contribution >= 4 is 0 Å². The summed E-state index contributed by atoms with van der Waals surface area (Å²) >= 11 is 0. The van der Waals surface area contributed by atoms with Gasteiger partial charge in [0, 0.05) is 6.54 Å². The topological polar surface area (TPSA) is 21.3 Å².